The third kappa shape index (κ3) is 5.60. The number of fused-ring (bicyclic) bond motifs is 1. The van der Waals surface area contributed by atoms with E-state index in [4.69, 9.17) is 20.7 Å². The van der Waals surface area contributed by atoms with Crippen LogP contribution in [-0.2, 0) is 6.42 Å². The summed E-state index contributed by atoms with van der Waals surface area (Å²) in [7, 11) is 0. The molecule has 4 N–H and O–H groups in total. The fourth-order valence-corrected chi connectivity index (χ4v) is 6.50. The van der Waals surface area contributed by atoms with Crippen molar-refractivity contribution in [2.75, 3.05) is 23.8 Å². The number of rotatable bonds is 7. The number of imidazole rings is 1. The Hall–Kier alpha value is -2.71. The SMILES string of the molecule is Cc1ccccc1CC1CCN(Nc2nc(NC3CCC(N)CC3)nc3c2ncn3C2CCCC2)CC1. The first-order chi connectivity index (χ1) is 18.1. The minimum absolute atomic E-state index is 0.330. The molecular formula is C29H42N8. The van der Waals surface area contributed by atoms with E-state index in [-0.39, 0.29) is 0 Å². The predicted molar refractivity (Wildman–Crippen MR) is 149 cm³/mol. The second kappa shape index (κ2) is 11.0. The highest BCUT2D eigenvalue weighted by atomic mass is 15.5. The summed E-state index contributed by atoms with van der Waals surface area (Å²) in [5, 5.41) is 5.97. The minimum atomic E-state index is 0.330. The molecule has 3 aliphatic rings. The maximum atomic E-state index is 6.14. The van der Waals surface area contributed by atoms with Crippen LogP contribution in [0.25, 0.3) is 11.2 Å². The number of piperidine rings is 1. The van der Waals surface area contributed by atoms with Crippen LogP contribution >= 0.6 is 0 Å². The lowest BCUT2D eigenvalue weighted by Gasteiger charge is -2.33. The number of aryl methyl sites for hydroxylation is 1. The normalized spacial score (nSPS) is 24.1. The predicted octanol–water partition coefficient (Wildman–Crippen LogP) is 5.21. The van der Waals surface area contributed by atoms with E-state index in [1.54, 1.807) is 0 Å². The Morgan fingerprint density at radius 2 is 1.70 bits per heavy atom. The van der Waals surface area contributed by atoms with Crippen molar-refractivity contribution in [3.05, 3.63) is 41.7 Å². The van der Waals surface area contributed by atoms with Gasteiger partial charge >= 0.3 is 0 Å². The van der Waals surface area contributed by atoms with Gasteiger partial charge in [-0.05, 0) is 81.8 Å². The first-order valence-electron chi connectivity index (χ1n) is 14.4. The molecule has 8 nitrogen and oxygen atoms in total. The van der Waals surface area contributed by atoms with Crippen LogP contribution in [0.3, 0.4) is 0 Å². The lowest BCUT2D eigenvalue weighted by molar-refractivity contribution is 0.216. The van der Waals surface area contributed by atoms with Gasteiger partial charge in [-0.2, -0.15) is 9.97 Å². The van der Waals surface area contributed by atoms with Crippen molar-refractivity contribution in [3.63, 3.8) is 0 Å². The molecule has 2 aromatic heterocycles. The molecule has 0 amide bonds. The fourth-order valence-electron chi connectivity index (χ4n) is 6.50. The van der Waals surface area contributed by atoms with Gasteiger partial charge in [0.15, 0.2) is 17.0 Å². The van der Waals surface area contributed by atoms with E-state index < -0.39 is 0 Å². The van der Waals surface area contributed by atoms with Crippen molar-refractivity contribution < 1.29 is 0 Å². The molecule has 0 unspecified atom stereocenters. The van der Waals surface area contributed by atoms with Crippen molar-refractivity contribution in [1.29, 1.82) is 0 Å². The summed E-state index contributed by atoms with van der Waals surface area (Å²) in [5.74, 6) is 2.26. The minimum Gasteiger partial charge on any atom is -0.351 e. The van der Waals surface area contributed by atoms with E-state index in [1.165, 1.54) is 56.1 Å². The molecule has 1 saturated heterocycles. The van der Waals surface area contributed by atoms with E-state index in [0.29, 0.717) is 24.1 Å². The zero-order valence-corrected chi connectivity index (χ0v) is 22.2. The van der Waals surface area contributed by atoms with Crippen LogP contribution in [0.4, 0.5) is 11.8 Å². The van der Waals surface area contributed by atoms with Crippen LogP contribution in [-0.4, -0.2) is 49.7 Å². The number of nitrogens with two attached hydrogens (primary N) is 1. The summed E-state index contributed by atoms with van der Waals surface area (Å²) in [4.78, 5) is 14.8. The van der Waals surface area contributed by atoms with Crippen LogP contribution in [0.1, 0.15) is 81.4 Å². The second-order valence-corrected chi connectivity index (χ2v) is 11.6. The van der Waals surface area contributed by atoms with Gasteiger partial charge < -0.3 is 21.0 Å². The summed E-state index contributed by atoms with van der Waals surface area (Å²) >= 11 is 0. The van der Waals surface area contributed by atoms with Crippen LogP contribution in [0, 0.1) is 12.8 Å². The van der Waals surface area contributed by atoms with Crippen molar-refractivity contribution in [2.45, 2.75) is 95.7 Å². The monoisotopic (exact) mass is 502 g/mol. The van der Waals surface area contributed by atoms with Crippen LogP contribution in [0.5, 0.6) is 0 Å². The first kappa shape index (κ1) is 24.6. The number of hydrogen-bond acceptors (Lipinski definition) is 7. The zero-order valence-electron chi connectivity index (χ0n) is 22.2. The maximum absolute atomic E-state index is 6.14. The Labute approximate surface area is 220 Å². The number of benzene rings is 1. The molecule has 2 saturated carbocycles. The Kier molecular flexibility index (Phi) is 7.29. The van der Waals surface area contributed by atoms with Crippen LogP contribution in [0.2, 0.25) is 0 Å². The Morgan fingerprint density at radius 3 is 2.46 bits per heavy atom. The van der Waals surface area contributed by atoms with Crippen molar-refractivity contribution in [2.24, 2.45) is 11.7 Å². The van der Waals surface area contributed by atoms with E-state index in [2.05, 4.69) is 51.5 Å². The molecule has 3 aromatic rings. The molecule has 6 rings (SSSR count). The molecule has 3 fully saturated rings. The average Bonchev–Trinajstić information content (AvgIpc) is 3.58. The standard InChI is InChI=1S/C29H42N8/c1-20-6-2-3-7-22(20)18-21-14-16-36(17-15-21)35-27-26-28(37(19-31-26)25-8-4-5-9-25)34-29(33-27)32-24-12-10-23(30)11-13-24/h2-3,6-7,19,21,23-25H,4-5,8-18,30H2,1H3,(H2,32,33,34,35). The lowest BCUT2D eigenvalue weighted by Crippen LogP contribution is -2.39. The Bertz CT molecular complexity index is 1180. The summed E-state index contributed by atoms with van der Waals surface area (Å²) in [5.41, 5.74) is 14.5. The maximum Gasteiger partial charge on any atom is 0.227 e. The molecule has 2 aliphatic carbocycles. The number of nitrogens with zero attached hydrogens (tertiary/aromatic N) is 5. The first-order valence-corrected chi connectivity index (χ1v) is 14.4. The molecule has 8 heteroatoms. The molecule has 1 aromatic carbocycles. The summed E-state index contributed by atoms with van der Waals surface area (Å²) in [6.45, 7) is 4.24. The van der Waals surface area contributed by atoms with E-state index in [9.17, 15) is 0 Å². The number of hydrazine groups is 1. The van der Waals surface area contributed by atoms with E-state index >= 15 is 0 Å². The highest BCUT2D eigenvalue weighted by Gasteiger charge is 2.26. The van der Waals surface area contributed by atoms with Crippen molar-refractivity contribution >= 4 is 22.9 Å². The van der Waals surface area contributed by atoms with Gasteiger partial charge in [-0.3, -0.25) is 0 Å². The van der Waals surface area contributed by atoms with Gasteiger partial charge in [0.1, 0.15) is 0 Å². The van der Waals surface area contributed by atoms with Crippen molar-refractivity contribution in [3.8, 4) is 0 Å². The molecule has 198 valence electrons. The quantitative estimate of drug-likeness (QED) is 0.408. The van der Waals surface area contributed by atoms with Gasteiger partial charge in [0.2, 0.25) is 5.95 Å². The molecular weight excluding hydrogens is 460 g/mol. The largest absolute Gasteiger partial charge is 0.351 e. The van der Waals surface area contributed by atoms with E-state index in [1.807, 2.05) is 6.33 Å². The van der Waals surface area contributed by atoms with Gasteiger partial charge in [0, 0.05) is 31.2 Å². The fraction of sp³-hybridized carbons (Fsp3) is 0.621. The van der Waals surface area contributed by atoms with Gasteiger partial charge in [-0.25, -0.2) is 9.99 Å². The third-order valence-electron chi connectivity index (χ3n) is 8.89. The number of nitrogens with one attached hydrogen (secondary N) is 2. The number of aromatic nitrogens is 4. The number of hydrogen-bond donors (Lipinski definition) is 3. The number of anilines is 2. The van der Waals surface area contributed by atoms with E-state index in [0.717, 1.165) is 61.7 Å². The highest BCUT2D eigenvalue weighted by Crippen LogP contribution is 2.34. The Balaban J connectivity index is 1.18. The van der Waals surface area contributed by atoms with Gasteiger partial charge in [-0.15, -0.1) is 0 Å². The third-order valence-corrected chi connectivity index (χ3v) is 8.89. The van der Waals surface area contributed by atoms with Gasteiger partial charge in [0.25, 0.3) is 0 Å². The lowest BCUT2D eigenvalue weighted by atomic mass is 9.89. The second-order valence-electron chi connectivity index (χ2n) is 11.6. The molecule has 0 atom stereocenters. The molecule has 1 aliphatic heterocycles. The average molecular weight is 503 g/mol. The van der Waals surface area contributed by atoms with Crippen LogP contribution < -0.4 is 16.5 Å². The summed E-state index contributed by atoms with van der Waals surface area (Å²) in [6.07, 6.45) is 14.7. The van der Waals surface area contributed by atoms with Crippen LogP contribution in [0.15, 0.2) is 30.6 Å². The molecule has 0 bridgehead atoms. The highest BCUT2D eigenvalue weighted by molar-refractivity contribution is 5.84. The molecule has 37 heavy (non-hydrogen) atoms. The van der Waals surface area contributed by atoms with Crippen molar-refractivity contribution in [1.82, 2.24) is 24.5 Å². The summed E-state index contributed by atoms with van der Waals surface area (Å²) < 4.78 is 2.30. The molecule has 0 spiro atoms. The Morgan fingerprint density at radius 1 is 0.946 bits per heavy atom. The van der Waals surface area contributed by atoms with Gasteiger partial charge in [0.05, 0.1) is 6.33 Å². The topological polar surface area (TPSA) is 96.9 Å². The molecule has 0 radical (unpaired) electrons. The van der Waals surface area contributed by atoms with Gasteiger partial charge in [-0.1, -0.05) is 37.1 Å². The summed E-state index contributed by atoms with van der Waals surface area (Å²) in [6, 6.07) is 10.0. The molecule has 3 heterocycles. The smallest absolute Gasteiger partial charge is 0.227 e. The zero-order chi connectivity index (χ0) is 25.2.